The third kappa shape index (κ3) is 2.79. The number of benzene rings is 1. The van der Waals surface area contributed by atoms with Crippen LogP contribution in [0.2, 0.25) is 0 Å². The third-order valence-corrected chi connectivity index (χ3v) is 3.68. The molecule has 1 amide bonds. The predicted octanol–water partition coefficient (Wildman–Crippen LogP) is 1.02. The van der Waals surface area contributed by atoms with Crippen molar-refractivity contribution in [3.05, 3.63) is 48.3 Å². The van der Waals surface area contributed by atoms with E-state index in [1.54, 1.807) is 6.07 Å². The maximum Gasteiger partial charge on any atom is 0.255 e. The van der Waals surface area contributed by atoms with Crippen molar-refractivity contribution in [2.45, 2.75) is 0 Å². The molecule has 0 spiro atoms. The molecular weight excluding hydrogens is 266 g/mol. The predicted molar refractivity (Wildman–Crippen MR) is 81.0 cm³/mol. The van der Waals surface area contributed by atoms with Gasteiger partial charge in [0.25, 0.3) is 5.91 Å². The summed E-state index contributed by atoms with van der Waals surface area (Å²) in [5.74, 6) is 0.00517. The zero-order valence-corrected chi connectivity index (χ0v) is 11.6. The fourth-order valence-corrected chi connectivity index (χ4v) is 2.53. The molecule has 0 atom stereocenters. The molecule has 108 valence electrons. The minimum absolute atomic E-state index is 0.00517. The number of aromatic nitrogens is 2. The largest absolute Gasteiger partial charge is 0.397 e. The summed E-state index contributed by atoms with van der Waals surface area (Å²) in [6.07, 6.45) is 3.04. The Morgan fingerprint density at radius 1 is 1.05 bits per heavy atom. The number of nitrogen functional groups attached to an aromatic ring is 1. The zero-order chi connectivity index (χ0) is 14.7. The van der Waals surface area contributed by atoms with Crippen molar-refractivity contribution in [1.29, 1.82) is 0 Å². The number of nitrogens with zero attached hydrogens (tertiary/aromatic N) is 4. The van der Waals surface area contributed by atoms with Crippen molar-refractivity contribution in [2.24, 2.45) is 0 Å². The number of hydrogen-bond acceptors (Lipinski definition) is 5. The average molecular weight is 283 g/mol. The minimum Gasteiger partial charge on any atom is -0.397 e. The molecule has 2 heterocycles. The van der Waals surface area contributed by atoms with Gasteiger partial charge < -0.3 is 15.5 Å². The van der Waals surface area contributed by atoms with Crippen LogP contribution in [-0.4, -0.2) is 47.2 Å². The lowest BCUT2D eigenvalue weighted by Crippen LogP contribution is -2.49. The van der Waals surface area contributed by atoms with Gasteiger partial charge in [0, 0.05) is 26.2 Å². The highest BCUT2D eigenvalue weighted by Gasteiger charge is 2.23. The maximum absolute atomic E-state index is 12.3. The lowest BCUT2D eigenvalue weighted by Gasteiger charge is -2.36. The van der Waals surface area contributed by atoms with E-state index >= 15 is 0 Å². The highest BCUT2D eigenvalue weighted by molar-refractivity contribution is 5.94. The number of piperazine rings is 1. The Morgan fingerprint density at radius 3 is 2.48 bits per heavy atom. The maximum atomic E-state index is 12.3. The zero-order valence-electron chi connectivity index (χ0n) is 11.6. The van der Waals surface area contributed by atoms with E-state index in [-0.39, 0.29) is 5.91 Å². The van der Waals surface area contributed by atoms with Crippen LogP contribution >= 0.6 is 0 Å². The summed E-state index contributed by atoms with van der Waals surface area (Å²) in [5.41, 5.74) is 8.39. The van der Waals surface area contributed by atoms with Gasteiger partial charge in [0.05, 0.1) is 29.3 Å². The molecule has 1 aromatic heterocycles. The molecule has 1 aliphatic rings. The summed E-state index contributed by atoms with van der Waals surface area (Å²) in [6, 6.07) is 9.51. The molecule has 1 aliphatic heterocycles. The number of amides is 1. The quantitative estimate of drug-likeness (QED) is 0.833. The van der Waals surface area contributed by atoms with Crippen molar-refractivity contribution in [1.82, 2.24) is 15.1 Å². The Balaban J connectivity index is 1.66. The van der Waals surface area contributed by atoms with Crippen LogP contribution in [0.15, 0.2) is 42.7 Å². The molecule has 0 bridgehead atoms. The Morgan fingerprint density at radius 2 is 1.81 bits per heavy atom. The first-order chi connectivity index (χ1) is 10.3. The molecule has 0 radical (unpaired) electrons. The van der Waals surface area contributed by atoms with Gasteiger partial charge >= 0.3 is 0 Å². The fraction of sp³-hybridized carbons (Fsp3) is 0.267. The van der Waals surface area contributed by atoms with Crippen molar-refractivity contribution in [3.63, 3.8) is 0 Å². The summed E-state index contributed by atoms with van der Waals surface area (Å²) in [6.45, 7) is 2.90. The third-order valence-electron chi connectivity index (χ3n) is 3.68. The van der Waals surface area contributed by atoms with Crippen LogP contribution in [0.5, 0.6) is 0 Å². The Bertz CT molecular complexity index is 623. The van der Waals surface area contributed by atoms with E-state index in [4.69, 9.17) is 5.73 Å². The van der Waals surface area contributed by atoms with Crippen molar-refractivity contribution < 1.29 is 4.79 Å². The van der Waals surface area contributed by atoms with Crippen molar-refractivity contribution in [2.75, 3.05) is 36.8 Å². The van der Waals surface area contributed by atoms with E-state index in [0.717, 1.165) is 24.5 Å². The Hall–Kier alpha value is -2.63. The number of para-hydroxylation sites is 2. The monoisotopic (exact) mass is 283 g/mol. The molecule has 2 N–H and O–H groups in total. The molecule has 0 unspecified atom stereocenters. The number of hydrogen-bond donors (Lipinski definition) is 1. The van der Waals surface area contributed by atoms with Gasteiger partial charge in [-0.2, -0.15) is 10.2 Å². The number of nitrogens with two attached hydrogens (primary N) is 1. The van der Waals surface area contributed by atoms with Crippen molar-refractivity contribution >= 4 is 17.3 Å². The minimum atomic E-state index is 0.00517. The second-order valence-electron chi connectivity index (χ2n) is 4.97. The van der Waals surface area contributed by atoms with Crippen LogP contribution < -0.4 is 10.6 Å². The van der Waals surface area contributed by atoms with Gasteiger partial charge in [-0.15, -0.1) is 0 Å². The molecule has 1 saturated heterocycles. The first-order valence-corrected chi connectivity index (χ1v) is 6.91. The van der Waals surface area contributed by atoms with Crippen LogP contribution in [-0.2, 0) is 0 Å². The normalized spacial score (nSPS) is 15.0. The van der Waals surface area contributed by atoms with Gasteiger partial charge in [-0.05, 0) is 18.2 Å². The molecule has 2 aromatic rings. The van der Waals surface area contributed by atoms with Gasteiger partial charge in [0.1, 0.15) is 0 Å². The molecule has 1 fully saturated rings. The summed E-state index contributed by atoms with van der Waals surface area (Å²) in [5, 5.41) is 7.44. The summed E-state index contributed by atoms with van der Waals surface area (Å²) >= 11 is 0. The van der Waals surface area contributed by atoms with E-state index in [9.17, 15) is 4.79 Å². The Labute approximate surface area is 123 Å². The molecule has 0 aliphatic carbocycles. The first kappa shape index (κ1) is 13.4. The lowest BCUT2D eigenvalue weighted by atomic mass is 10.2. The SMILES string of the molecule is Nc1ccccc1N1CCN(C(=O)c2ccnnc2)CC1. The van der Waals surface area contributed by atoms with Gasteiger partial charge in [-0.3, -0.25) is 4.79 Å². The first-order valence-electron chi connectivity index (χ1n) is 6.91. The standard InChI is InChI=1S/C15H17N5O/c16-13-3-1-2-4-14(13)19-7-9-20(10-8-19)15(21)12-5-6-17-18-11-12/h1-6,11H,7-10,16H2. The van der Waals surface area contributed by atoms with Crippen LogP contribution in [0.3, 0.4) is 0 Å². The van der Waals surface area contributed by atoms with Crippen LogP contribution in [0, 0.1) is 0 Å². The molecule has 6 nitrogen and oxygen atoms in total. The number of anilines is 2. The topological polar surface area (TPSA) is 75.3 Å². The van der Waals surface area contributed by atoms with Gasteiger partial charge in [-0.25, -0.2) is 0 Å². The van der Waals surface area contributed by atoms with E-state index in [2.05, 4.69) is 15.1 Å². The molecular formula is C15H17N5O. The van der Waals surface area contributed by atoms with Crippen LogP contribution in [0.25, 0.3) is 0 Å². The fourth-order valence-electron chi connectivity index (χ4n) is 2.53. The van der Waals surface area contributed by atoms with E-state index in [0.29, 0.717) is 18.7 Å². The number of carbonyl (C=O) groups excluding carboxylic acids is 1. The summed E-state index contributed by atoms with van der Waals surface area (Å²) in [7, 11) is 0. The van der Waals surface area contributed by atoms with Crippen LogP contribution in [0.1, 0.15) is 10.4 Å². The summed E-state index contributed by atoms with van der Waals surface area (Å²) < 4.78 is 0. The lowest BCUT2D eigenvalue weighted by molar-refractivity contribution is 0.0746. The molecule has 6 heteroatoms. The average Bonchev–Trinajstić information content (AvgIpc) is 2.56. The van der Waals surface area contributed by atoms with E-state index in [1.807, 2.05) is 29.2 Å². The van der Waals surface area contributed by atoms with Gasteiger partial charge in [-0.1, -0.05) is 12.1 Å². The highest BCUT2D eigenvalue weighted by Crippen LogP contribution is 2.23. The Kier molecular flexibility index (Phi) is 3.68. The van der Waals surface area contributed by atoms with E-state index < -0.39 is 0 Å². The van der Waals surface area contributed by atoms with Gasteiger partial charge in [0.15, 0.2) is 0 Å². The molecule has 1 aromatic carbocycles. The molecule has 3 rings (SSSR count). The summed E-state index contributed by atoms with van der Waals surface area (Å²) in [4.78, 5) is 16.4. The number of rotatable bonds is 2. The second-order valence-corrected chi connectivity index (χ2v) is 4.97. The van der Waals surface area contributed by atoms with E-state index in [1.165, 1.54) is 12.4 Å². The molecule has 0 saturated carbocycles. The smallest absolute Gasteiger partial charge is 0.255 e. The molecule has 21 heavy (non-hydrogen) atoms. The van der Waals surface area contributed by atoms with Crippen molar-refractivity contribution in [3.8, 4) is 0 Å². The second kappa shape index (κ2) is 5.78. The number of carbonyl (C=O) groups is 1. The highest BCUT2D eigenvalue weighted by atomic mass is 16.2. The van der Waals surface area contributed by atoms with Crippen LogP contribution in [0.4, 0.5) is 11.4 Å². The van der Waals surface area contributed by atoms with Gasteiger partial charge in [0.2, 0.25) is 0 Å².